The third-order valence-electron chi connectivity index (χ3n) is 3.64. The summed E-state index contributed by atoms with van der Waals surface area (Å²) in [5.74, 6) is 0. The number of nitrogens with two attached hydrogens (primary N) is 2. The van der Waals surface area contributed by atoms with Crippen LogP contribution in [0.15, 0.2) is 24.3 Å². The van der Waals surface area contributed by atoms with Gasteiger partial charge in [-0.25, -0.2) is 0 Å². The number of hydrogen-bond donors (Lipinski definition) is 2. The fraction of sp³-hybridized carbons (Fsp3) is 0.467. The van der Waals surface area contributed by atoms with Crippen LogP contribution in [0.3, 0.4) is 0 Å². The first-order chi connectivity index (χ1) is 9.13. The van der Waals surface area contributed by atoms with Gasteiger partial charge in [-0.05, 0) is 37.1 Å². The molecule has 0 saturated heterocycles. The third kappa shape index (κ3) is 3.30. The van der Waals surface area contributed by atoms with Crippen LogP contribution in [0.2, 0.25) is 5.02 Å². The SMILES string of the molecule is CN1CC=C(C(N)CCCCN)c2ccc(Cl)cc21. The third-order valence-corrected chi connectivity index (χ3v) is 3.87. The molecule has 0 fully saturated rings. The molecule has 1 aromatic carbocycles. The summed E-state index contributed by atoms with van der Waals surface area (Å²) < 4.78 is 0. The number of likely N-dealkylation sites (N-methyl/N-ethyl adjacent to an activating group) is 1. The van der Waals surface area contributed by atoms with Gasteiger partial charge in [-0.2, -0.15) is 0 Å². The monoisotopic (exact) mass is 279 g/mol. The largest absolute Gasteiger partial charge is 0.370 e. The first kappa shape index (κ1) is 14.4. The summed E-state index contributed by atoms with van der Waals surface area (Å²) >= 11 is 6.08. The lowest BCUT2D eigenvalue weighted by molar-refractivity contribution is 0.643. The molecule has 0 saturated carbocycles. The second-order valence-corrected chi connectivity index (χ2v) is 5.53. The Morgan fingerprint density at radius 3 is 2.89 bits per heavy atom. The second-order valence-electron chi connectivity index (χ2n) is 5.09. The average molecular weight is 280 g/mol. The summed E-state index contributed by atoms with van der Waals surface area (Å²) in [6.45, 7) is 1.62. The Hall–Kier alpha value is -1.03. The van der Waals surface area contributed by atoms with Crippen molar-refractivity contribution in [3.8, 4) is 0 Å². The quantitative estimate of drug-likeness (QED) is 0.815. The molecule has 0 spiro atoms. The normalized spacial score (nSPS) is 16.0. The van der Waals surface area contributed by atoms with Crippen LogP contribution in [0.25, 0.3) is 5.57 Å². The standard InChI is InChI=1S/C15H22ClN3/c1-19-9-7-12(14(18)4-2-3-8-17)13-6-5-11(16)10-15(13)19/h5-7,10,14H,2-4,8-9,17-18H2,1H3. The van der Waals surface area contributed by atoms with Gasteiger partial charge in [0.05, 0.1) is 0 Å². The van der Waals surface area contributed by atoms with E-state index in [1.807, 2.05) is 12.1 Å². The predicted molar refractivity (Wildman–Crippen MR) is 83.6 cm³/mol. The summed E-state index contributed by atoms with van der Waals surface area (Å²) in [6.07, 6.45) is 5.32. The molecule has 1 aromatic rings. The van der Waals surface area contributed by atoms with E-state index in [1.54, 1.807) is 0 Å². The molecule has 3 nitrogen and oxygen atoms in total. The molecule has 1 aliphatic rings. The Labute approximate surface area is 120 Å². The van der Waals surface area contributed by atoms with Gasteiger partial charge in [0.25, 0.3) is 0 Å². The highest BCUT2D eigenvalue weighted by atomic mass is 35.5. The van der Waals surface area contributed by atoms with Crippen molar-refractivity contribution in [3.63, 3.8) is 0 Å². The van der Waals surface area contributed by atoms with E-state index in [1.165, 1.54) is 16.8 Å². The summed E-state index contributed by atoms with van der Waals surface area (Å²) in [5, 5.41) is 0.767. The van der Waals surface area contributed by atoms with E-state index < -0.39 is 0 Å². The van der Waals surface area contributed by atoms with Crippen molar-refractivity contribution in [2.75, 3.05) is 25.0 Å². The number of rotatable bonds is 5. The molecular formula is C15H22ClN3. The number of nitrogens with zero attached hydrogens (tertiary/aromatic N) is 1. The van der Waals surface area contributed by atoms with Gasteiger partial charge in [-0.1, -0.05) is 30.2 Å². The molecule has 4 N–H and O–H groups in total. The van der Waals surface area contributed by atoms with Crippen LogP contribution in [-0.2, 0) is 0 Å². The molecule has 0 bridgehead atoms. The van der Waals surface area contributed by atoms with E-state index in [2.05, 4.69) is 24.1 Å². The van der Waals surface area contributed by atoms with Crippen molar-refractivity contribution in [3.05, 3.63) is 34.9 Å². The minimum atomic E-state index is 0.0835. The zero-order valence-electron chi connectivity index (χ0n) is 11.4. The highest BCUT2D eigenvalue weighted by Crippen LogP contribution is 2.34. The van der Waals surface area contributed by atoms with Gasteiger partial charge in [0, 0.05) is 35.9 Å². The average Bonchev–Trinajstić information content (AvgIpc) is 2.40. The van der Waals surface area contributed by atoms with Crippen LogP contribution in [0.5, 0.6) is 0 Å². The van der Waals surface area contributed by atoms with Crippen molar-refractivity contribution in [2.24, 2.45) is 11.5 Å². The second kappa shape index (κ2) is 6.42. The maximum Gasteiger partial charge on any atom is 0.0458 e. The molecule has 1 aliphatic heterocycles. The van der Waals surface area contributed by atoms with Gasteiger partial charge in [0.15, 0.2) is 0 Å². The lowest BCUT2D eigenvalue weighted by atomic mass is 9.91. The summed E-state index contributed by atoms with van der Waals surface area (Å²) in [6, 6.07) is 6.10. The number of fused-ring (bicyclic) bond motifs is 1. The van der Waals surface area contributed by atoms with Crippen molar-refractivity contribution >= 4 is 22.9 Å². The Bertz CT molecular complexity index is 470. The maximum atomic E-state index is 6.33. The van der Waals surface area contributed by atoms with Crippen molar-refractivity contribution < 1.29 is 0 Å². The minimum absolute atomic E-state index is 0.0835. The lowest BCUT2D eigenvalue weighted by Gasteiger charge is -2.30. The van der Waals surface area contributed by atoms with Gasteiger partial charge >= 0.3 is 0 Å². The molecular weight excluding hydrogens is 258 g/mol. The van der Waals surface area contributed by atoms with E-state index >= 15 is 0 Å². The summed E-state index contributed by atoms with van der Waals surface area (Å²) in [4.78, 5) is 2.19. The zero-order chi connectivity index (χ0) is 13.8. The summed E-state index contributed by atoms with van der Waals surface area (Å²) in [5.41, 5.74) is 15.5. The smallest absolute Gasteiger partial charge is 0.0458 e. The summed E-state index contributed by atoms with van der Waals surface area (Å²) in [7, 11) is 2.07. The van der Waals surface area contributed by atoms with Gasteiger partial charge in [0.2, 0.25) is 0 Å². The Kier molecular flexibility index (Phi) is 4.86. The molecule has 2 rings (SSSR count). The number of hydrogen-bond acceptors (Lipinski definition) is 3. The number of benzene rings is 1. The van der Waals surface area contributed by atoms with Crippen molar-refractivity contribution in [1.29, 1.82) is 0 Å². The van der Waals surface area contributed by atoms with Crippen LogP contribution in [0, 0.1) is 0 Å². The van der Waals surface area contributed by atoms with Crippen LogP contribution in [0.4, 0.5) is 5.69 Å². The van der Waals surface area contributed by atoms with Gasteiger partial charge in [-0.3, -0.25) is 0 Å². The minimum Gasteiger partial charge on any atom is -0.370 e. The fourth-order valence-corrected chi connectivity index (χ4v) is 2.69. The lowest BCUT2D eigenvalue weighted by Crippen LogP contribution is -2.29. The van der Waals surface area contributed by atoms with Crippen LogP contribution < -0.4 is 16.4 Å². The van der Waals surface area contributed by atoms with Crippen LogP contribution in [0.1, 0.15) is 24.8 Å². The van der Waals surface area contributed by atoms with Gasteiger partial charge in [0.1, 0.15) is 0 Å². The molecule has 1 heterocycles. The highest BCUT2D eigenvalue weighted by Gasteiger charge is 2.20. The van der Waals surface area contributed by atoms with Crippen molar-refractivity contribution in [1.82, 2.24) is 0 Å². The van der Waals surface area contributed by atoms with E-state index in [0.29, 0.717) is 0 Å². The molecule has 0 aliphatic carbocycles. The maximum absolute atomic E-state index is 6.33. The van der Waals surface area contributed by atoms with E-state index in [0.717, 1.165) is 37.4 Å². The molecule has 0 amide bonds. The van der Waals surface area contributed by atoms with E-state index in [4.69, 9.17) is 23.1 Å². The molecule has 104 valence electrons. The van der Waals surface area contributed by atoms with E-state index in [9.17, 15) is 0 Å². The first-order valence-corrected chi connectivity index (χ1v) is 7.18. The fourth-order valence-electron chi connectivity index (χ4n) is 2.52. The molecule has 1 atom stereocenters. The topological polar surface area (TPSA) is 55.3 Å². The highest BCUT2D eigenvalue weighted by molar-refractivity contribution is 6.31. The number of anilines is 1. The Morgan fingerprint density at radius 1 is 1.37 bits per heavy atom. The zero-order valence-corrected chi connectivity index (χ0v) is 12.2. The number of unbranched alkanes of at least 4 members (excludes halogenated alkanes) is 1. The van der Waals surface area contributed by atoms with Crippen molar-refractivity contribution in [2.45, 2.75) is 25.3 Å². The van der Waals surface area contributed by atoms with Crippen LogP contribution >= 0.6 is 11.6 Å². The molecule has 0 radical (unpaired) electrons. The Morgan fingerprint density at radius 2 is 2.16 bits per heavy atom. The van der Waals surface area contributed by atoms with Crippen LogP contribution in [-0.4, -0.2) is 26.2 Å². The first-order valence-electron chi connectivity index (χ1n) is 6.80. The Balaban J connectivity index is 2.19. The molecule has 4 heteroatoms. The van der Waals surface area contributed by atoms with Gasteiger partial charge in [-0.15, -0.1) is 0 Å². The van der Waals surface area contributed by atoms with Gasteiger partial charge < -0.3 is 16.4 Å². The van der Waals surface area contributed by atoms with E-state index in [-0.39, 0.29) is 6.04 Å². The molecule has 1 unspecified atom stereocenters. The number of halogens is 1. The molecule has 19 heavy (non-hydrogen) atoms. The predicted octanol–water partition coefficient (Wildman–Crippen LogP) is 2.63. The molecule has 0 aromatic heterocycles.